The van der Waals surface area contributed by atoms with Gasteiger partial charge in [0.1, 0.15) is 0 Å². The number of likely N-dealkylation sites (tertiary alicyclic amines) is 1. The first kappa shape index (κ1) is 11.9. The third-order valence-electron chi connectivity index (χ3n) is 4.29. The minimum absolute atomic E-state index is 0.479. The minimum Gasteiger partial charge on any atom is -0.387 e. The van der Waals surface area contributed by atoms with Gasteiger partial charge in [0.25, 0.3) is 0 Å². The summed E-state index contributed by atoms with van der Waals surface area (Å²) in [5.41, 5.74) is 6.13. The summed E-state index contributed by atoms with van der Waals surface area (Å²) in [6.45, 7) is 3.45. The number of hydrogen-bond donors (Lipinski definition) is 1. The van der Waals surface area contributed by atoms with E-state index >= 15 is 0 Å². The Bertz CT molecular complexity index is 256. The molecule has 92 valence electrons. The lowest BCUT2D eigenvalue weighted by molar-refractivity contribution is 0.184. The van der Waals surface area contributed by atoms with Gasteiger partial charge in [-0.25, -0.2) is 0 Å². The first-order valence-electron chi connectivity index (χ1n) is 6.70. The van der Waals surface area contributed by atoms with E-state index in [1.807, 2.05) is 0 Å². The first-order valence-corrected chi connectivity index (χ1v) is 6.70. The van der Waals surface area contributed by atoms with E-state index in [0.29, 0.717) is 18.0 Å². The van der Waals surface area contributed by atoms with Crippen molar-refractivity contribution in [3.8, 4) is 0 Å². The van der Waals surface area contributed by atoms with Crippen LogP contribution in [0.3, 0.4) is 0 Å². The van der Waals surface area contributed by atoms with Gasteiger partial charge in [-0.2, -0.15) is 0 Å². The van der Waals surface area contributed by atoms with Crippen LogP contribution in [-0.2, 0) is 0 Å². The predicted molar refractivity (Wildman–Crippen MR) is 68.7 cm³/mol. The van der Waals surface area contributed by atoms with Crippen molar-refractivity contribution in [2.75, 3.05) is 13.6 Å². The van der Waals surface area contributed by atoms with Crippen LogP contribution in [0, 0.1) is 5.92 Å². The number of aliphatic imine (C=N–C) groups is 1. The van der Waals surface area contributed by atoms with Crippen LogP contribution in [0.4, 0.5) is 0 Å². The molecule has 2 atom stereocenters. The maximum absolute atomic E-state index is 6.13. The average molecular weight is 223 g/mol. The second kappa shape index (κ2) is 5.17. The SMILES string of the molecule is CC1CC(N=C(N)C2CCCC2)CCN1C. The van der Waals surface area contributed by atoms with Crippen molar-refractivity contribution in [2.24, 2.45) is 16.6 Å². The Morgan fingerprint density at radius 1 is 1.25 bits per heavy atom. The summed E-state index contributed by atoms with van der Waals surface area (Å²) in [5.74, 6) is 1.54. The lowest BCUT2D eigenvalue weighted by Crippen LogP contribution is -2.40. The molecular formula is C13H25N3. The lowest BCUT2D eigenvalue weighted by atomic mass is 9.99. The van der Waals surface area contributed by atoms with E-state index in [2.05, 4.69) is 18.9 Å². The molecule has 3 nitrogen and oxygen atoms in total. The molecule has 1 saturated heterocycles. The van der Waals surface area contributed by atoms with E-state index in [4.69, 9.17) is 10.7 Å². The molecule has 0 bridgehead atoms. The molecule has 0 radical (unpaired) electrons. The normalized spacial score (nSPS) is 34.5. The number of piperidine rings is 1. The number of amidine groups is 1. The summed E-state index contributed by atoms with van der Waals surface area (Å²) in [5, 5.41) is 0. The Hall–Kier alpha value is -0.570. The minimum atomic E-state index is 0.479. The van der Waals surface area contributed by atoms with E-state index in [1.165, 1.54) is 38.5 Å². The zero-order chi connectivity index (χ0) is 11.5. The summed E-state index contributed by atoms with van der Waals surface area (Å²) < 4.78 is 0. The van der Waals surface area contributed by atoms with Gasteiger partial charge in [0.15, 0.2) is 0 Å². The Balaban J connectivity index is 1.90. The Morgan fingerprint density at radius 2 is 1.94 bits per heavy atom. The molecule has 3 heteroatoms. The average Bonchev–Trinajstić information content (AvgIpc) is 2.77. The standard InChI is InChI=1S/C13H25N3/c1-10-9-12(7-8-16(10)2)15-13(14)11-5-3-4-6-11/h10-12H,3-9H2,1-2H3,(H2,14,15). The fourth-order valence-corrected chi connectivity index (χ4v) is 2.92. The van der Waals surface area contributed by atoms with Crippen molar-refractivity contribution in [3.05, 3.63) is 0 Å². The molecule has 1 aliphatic carbocycles. The molecule has 1 aliphatic heterocycles. The van der Waals surface area contributed by atoms with Gasteiger partial charge in [-0.15, -0.1) is 0 Å². The second-order valence-corrected chi connectivity index (χ2v) is 5.54. The van der Waals surface area contributed by atoms with Crippen molar-refractivity contribution < 1.29 is 0 Å². The lowest BCUT2D eigenvalue weighted by Gasteiger charge is -2.33. The molecule has 0 aromatic heterocycles. The maximum atomic E-state index is 6.13. The summed E-state index contributed by atoms with van der Waals surface area (Å²) in [7, 11) is 2.20. The number of nitrogens with two attached hydrogens (primary N) is 1. The second-order valence-electron chi connectivity index (χ2n) is 5.54. The van der Waals surface area contributed by atoms with Gasteiger partial charge in [0.05, 0.1) is 11.9 Å². The summed E-state index contributed by atoms with van der Waals surface area (Å²) in [6, 6.07) is 1.13. The van der Waals surface area contributed by atoms with Crippen LogP contribution in [0.5, 0.6) is 0 Å². The zero-order valence-electron chi connectivity index (χ0n) is 10.7. The predicted octanol–water partition coefficient (Wildman–Crippen LogP) is 2.02. The highest BCUT2D eigenvalue weighted by Gasteiger charge is 2.24. The molecule has 0 amide bonds. The third-order valence-corrected chi connectivity index (χ3v) is 4.29. The van der Waals surface area contributed by atoms with E-state index in [1.54, 1.807) is 0 Å². The highest BCUT2D eigenvalue weighted by atomic mass is 15.1. The molecule has 2 aliphatic rings. The Kier molecular flexibility index (Phi) is 3.85. The third kappa shape index (κ3) is 2.76. The van der Waals surface area contributed by atoms with Gasteiger partial charge >= 0.3 is 0 Å². The number of nitrogens with zero attached hydrogens (tertiary/aromatic N) is 2. The first-order chi connectivity index (χ1) is 7.66. The van der Waals surface area contributed by atoms with E-state index in [0.717, 1.165) is 12.4 Å². The molecule has 0 aromatic rings. The molecule has 2 unspecified atom stereocenters. The molecule has 1 saturated carbocycles. The highest BCUT2D eigenvalue weighted by molar-refractivity contribution is 5.83. The zero-order valence-corrected chi connectivity index (χ0v) is 10.7. The molecule has 1 heterocycles. The van der Waals surface area contributed by atoms with Crippen LogP contribution >= 0.6 is 0 Å². The van der Waals surface area contributed by atoms with Gasteiger partial charge < -0.3 is 10.6 Å². The maximum Gasteiger partial charge on any atom is 0.0971 e. The fourth-order valence-electron chi connectivity index (χ4n) is 2.92. The smallest absolute Gasteiger partial charge is 0.0971 e. The molecule has 2 fully saturated rings. The van der Waals surface area contributed by atoms with Crippen molar-refractivity contribution in [1.29, 1.82) is 0 Å². The van der Waals surface area contributed by atoms with Gasteiger partial charge in [0, 0.05) is 18.5 Å². The molecule has 0 spiro atoms. The quantitative estimate of drug-likeness (QED) is 0.575. The molecule has 0 aromatic carbocycles. The van der Waals surface area contributed by atoms with Crippen LogP contribution in [-0.4, -0.2) is 36.4 Å². The van der Waals surface area contributed by atoms with E-state index in [9.17, 15) is 0 Å². The van der Waals surface area contributed by atoms with Gasteiger partial charge in [-0.3, -0.25) is 4.99 Å². The van der Waals surface area contributed by atoms with Crippen LogP contribution in [0.2, 0.25) is 0 Å². The van der Waals surface area contributed by atoms with Crippen molar-refractivity contribution in [1.82, 2.24) is 4.90 Å². The van der Waals surface area contributed by atoms with Gasteiger partial charge in [-0.05, 0) is 39.7 Å². The van der Waals surface area contributed by atoms with Gasteiger partial charge in [-0.1, -0.05) is 12.8 Å². The van der Waals surface area contributed by atoms with Crippen molar-refractivity contribution in [3.63, 3.8) is 0 Å². The van der Waals surface area contributed by atoms with Crippen LogP contribution in [0.15, 0.2) is 4.99 Å². The molecule has 16 heavy (non-hydrogen) atoms. The van der Waals surface area contributed by atoms with Crippen molar-refractivity contribution in [2.45, 2.75) is 57.5 Å². The van der Waals surface area contributed by atoms with Crippen LogP contribution < -0.4 is 5.73 Å². The van der Waals surface area contributed by atoms with E-state index in [-0.39, 0.29) is 0 Å². The number of hydrogen-bond acceptors (Lipinski definition) is 2. The van der Waals surface area contributed by atoms with Crippen molar-refractivity contribution >= 4 is 5.84 Å². The summed E-state index contributed by atoms with van der Waals surface area (Å²) in [4.78, 5) is 7.19. The Labute approximate surface area is 99.1 Å². The summed E-state index contributed by atoms with van der Waals surface area (Å²) in [6.07, 6.45) is 7.54. The Morgan fingerprint density at radius 3 is 2.56 bits per heavy atom. The number of rotatable bonds is 2. The topological polar surface area (TPSA) is 41.6 Å². The van der Waals surface area contributed by atoms with E-state index < -0.39 is 0 Å². The molecular weight excluding hydrogens is 198 g/mol. The fraction of sp³-hybridized carbons (Fsp3) is 0.923. The summed E-state index contributed by atoms with van der Waals surface area (Å²) >= 11 is 0. The van der Waals surface area contributed by atoms with Gasteiger partial charge in [0.2, 0.25) is 0 Å². The molecule has 2 rings (SSSR count). The monoisotopic (exact) mass is 223 g/mol. The largest absolute Gasteiger partial charge is 0.387 e. The van der Waals surface area contributed by atoms with Crippen LogP contribution in [0.1, 0.15) is 45.4 Å². The molecule has 2 N–H and O–H groups in total. The highest BCUT2D eigenvalue weighted by Crippen LogP contribution is 2.26. The van der Waals surface area contributed by atoms with Crippen LogP contribution in [0.25, 0.3) is 0 Å².